The van der Waals surface area contributed by atoms with Gasteiger partial charge in [-0.1, -0.05) is 30.1 Å². The molecular formula is C12H14Cl2N4. The van der Waals surface area contributed by atoms with Crippen LogP contribution in [0.15, 0.2) is 18.3 Å². The van der Waals surface area contributed by atoms with Gasteiger partial charge >= 0.3 is 0 Å². The second kappa shape index (κ2) is 5.08. The topological polar surface area (TPSA) is 55.9 Å². The molecule has 1 heterocycles. The lowest BCUT2D eigenvalue weighted by molar-refractivity contribution is 0.746. The molecule has 0 amide bonds. The molecule has 18 heavy (non-hydrogen) atoms. The third-order valence-corrected chi connectivity index (χ3v) is 3.32. The maximum absolute atomic E-state index is 5.98. The van der Waals surface area contributed by atoms with Crippen LogP contribution in [-0.4, -0.2) is 9.78 Å². The van der Waals surface area contributed by atoms with Crippen molar-refractivity contribution in [1.82, 2.24) is 9.78 Å². The van der Waals surface area contributed by atoms with Crippen LogP contribution < -0.4 is 11.1 Å². The highest BCUT2D eigenvalue weighted by atomic mass is 35.5. The van der Waals surface area contributed by atoms with Crippen molar-refractivity contribution in [2.24, 2.45) is 7.05 Å². The first kappa shape index (κ1) is 13.1. The molecule has 0 fully saturated rings. The van der Waals surface area contributed by atoms with Crippen LogP contribution in [0.3, 0.4) is 0 Å². The molecular weight excluding hydrogens is 271 g/mol. The molecule has 0 aliphatic heterocycles. The van der Waals surface area contributed by atoms with Gasteiger partial charge in [-0.05, 0) is 18.6 Å². The van der Waals surface area contributed by atoms with E-state index in [-0.39, 0.29) is 0 Å². The summed E-state index contributed by atoms with van der Waals surface area (Å²) in [6.45, 7) is 2.05. The van der Waals surface area contributed by atoms with E-state index in [0.29, 0.717) is 15.7 Å². The lowest BCUT2D eigenvalue weighted by Gasteiger charge is -2.10. The molecule has 0 aliphatic rings. The Morgan fingerprint density at radius 2 is 1.94 bits per heavy atom. The van der Waals surface area contributed by atoms with Gasteiger partial charge in [0.1, 0.15) is 0 Å². The first-order valence-corrected chi connectivity index (χ1v) is 6.31. The summed E-state index contributed by atoms with van der Waals surface area (Å²) in [5.41, 5.74) is 9.08. The maximum Gasteiger partial charge on any atom is 0.0856 e. The van der Waals surface area contributed by atoms with Gasteiger partial charge in [-0.3, -0.25) is 4.68 Å². The monoisotopic (exact) mass is 284 g/mol. The average molecular weight is 285 g/mol. The number of halogens is 2. The Kier molecular flexibility index (Phi) is 3.68. The number of hydrogen-bond acceptors (Lipinski definition) is 3. The van der Waals surface area contributed by atoms with Crippen LogP contribution in [0.5, 0.6) is 0 Å². The molecule has 0 bridgehead atoms. The summed E-state index contributed by atoms with van der Waals surface area (Å²) < 4.78 is 1.76. The Balaban J connectivity index is 2.36. The summed E-state index contributed by atoms with van der Waals surface area (Å²) in [7, 11) is 1.88. The number of nitrogens with one attached hydrogen (secondary N) is 1. The fourth-order valence-corrected chi connectivity index (χ4v) is 2.05. The molecule has 2 rings (SSSR count). The largest absolute Gasteiger partial charge is 0.397 e. The Morgan fingerprint density at radius 3 is 2.61 bits per heavy atom. The Morgan fingerprint density at radius 1 is 1.28 bits per heavy atom. The van der Waals surface area contributed by atoms with Crippen molar-refractivity contribution in [3.8, 4) is 0 Å². The summed E-state index contributed by atoms with van der Waals surface area (Å²) >= 11 is 11.9. The molecule has 0 radical (unpaired) electrons. The number of hydrogen-bond donors (Lipinski definition) is 2. The summed E-state index contributed by atoms with van der Waals surface area (Å²) in [4.78, 5) is 0. The average Bonchev–Trinajstić information content (AvgIpc) is 2.66. The predicted octanol–water partition coefficient (Wildman–Crippen LogP) is 3.62. The van der Waals surface area contributed by atoms with Crippen LogP contribution in [0.4, 0.5) is 17.1 Å². The van der Waals surface area contributed by atoms with Crippen LogP contribution in [0.2, 0.25) is 10.0 Å². The fourth-order valence-electron chi connectivity index (χ4n) is 1.72. The quantitative estimate of drug-likeness (QED) is 0.847. The van der Waals surface area contributed by atoms with E-state index in [9.17, 15) is 0 Å². The van der Waals surface area contributed by atoms with Gasteiger partial charge in [0, 0.05) is 13.2 Å². The molecule has 0 unspecified atom stereocenters. The van der Waals surface area contributed by atoms with E-state index in [1.165, 1.54) is 0 Å². The van der Waals surface area contributed by atoms with E-state index in [2.05, 4.69) is 10.4 Å². The maximum atomic E-state index is 5.98. The Labute approximate surface area is 116 Å². The molecule has 0 saturated carbocycles. The summed E-state index contributed by atoms with van der Waals surface area (Å²) in [5, 5.41) is 8.49. The number of nitrogens with two attached hydrogens (primary N) is 1. The highest BCUT2D eigenvalue weighted by molar-refractivity contribution is 6.42. The van der Waals surface area contributed by atoms with E-state index < -0.39 is 0 Å². The number of nitrogens with zero attached hydrogens (tertiary/aromatic N) is 2. The normalized spacial score (nSPS) is 10.7. The van der Waals surface area contributed by atoms with Crippen molar-refractivity contribution in [3.05, 3.63) is 34.1 Å². The number of aryl methyl sites for hydroxylation is 2. The van der Waals surface area contributed by atoms with Gasteiger partial charge in [-0.25, -0.2) is 0 Å². The zero-order chi connectivity index (χ0) is 13.3. The second-order valence-electron chi connectivity index (χ2n) is 4.00. The molecule has 3 N–H and O–H groups in total. The van der Waals surface area contributed by atoms with Crippen molar-refractivity contribution in [2.45, 2.75) is 13.3 Å². The van der Waals surface area contributed by atoms with Crippen molar-refractivity contribution in [2.75, 3.05) is 11.1 Å². The molecule has 0 spiro atoms. The Bertz CT molecular complexity index is 578. The molecule has 1 aromatic carbocycles. The minimum atomic E-state index is 0.446. The van der Waals surface area contributed by atoms with Gasteiger partial charge in [0.2, 0.25) is 0 Å². The molecule has 1 aromatic heterocycles. The second-order valence-corrected chi connectivity index (χ2v) is 4.81. The van der Waals surface area contributed by atoms with Crippen LogP contribution in [0.25, 0.3) is 0 Å². The van der Waals surface area contributed by atoms with Crippen molar-refractivity contribution >= 4 is 40.3 Å². The van der Waals surface area contributed by atoms with E-state index in [1.54, 1.807) is 16.8 Å². The van der Waals surface area contributed by atoms with Crippen LogP contribution in [-0.2, 0) is 13.5 Å². The van der Waals surface area contributed by atoms with Gasteiger partial charge in [0.25, 0.3) is 0 Å². The standard InChI is InChI=1S/C12H14Cl2N4/c1-3-10-12(6-18(2)17-10)16-11-5-8(14)7(13)4-9(11)15/h4-6,16H,3,15H2,1-2H3. The molecule has 6 heteroatoms. The molecule has 0 aliphatic carbocycles. The lowest BCUT2D eigenvalue weighted by atomic mass is 10.2. The lowest BCUT2D eigenvalue weighted by Crippen LogP contribution is -1.98. The third-order valence-electron chi connectivity index (χ3n) is 2.60. The Hall–Kier alpha value is -1.39. The van der Waals surface area contributed by atoms with Gasteiger partial charge in [0.15, 0.2) is 0 Å². The zero-order valence-corrected chi connectivity index (χ0v) is 11.7. The smallest absolute Gasteiger partial charge is 0.0856 e. The molecule has 2 aromatic rings. The molecule has 0 saturated heterocycles. The van der Waals surface area contributed by atoms with Crippen LogP contribution in [0, 0.1) is 0 Å². The predicted molar refractivity (Wildman–Crippen MR) is 76.7 cm³/mol. The number of aromatic nitrogens is 2. The van der Waals surface area contributed by atoms with E-state index in [1.807, 2.05) is 20.2 Å². The number of anilines is 3. The van der Waals surface area contributed by atoms with E-state index in [0.717, 1.165) is 23.5 Å². The minimum absolute atomic E-state index is 0.446. The highest BCUT2D eigenvalue weighted by Crippen LogP contribution is 2.33. The number of nitrogen functional groups attached to an aromatic ring is 1. The van der Waals surface area contributed by atoms with Gasteiger partial charge in [-0.2, -0.15) is 5.10 Å². The highest BCUT2D eigenvalue weighted by Gasteiger charge is 2.09. The van der Waals surface area contributed by atoms with Crippen molar-refractivity contribution in [1.29, 1.82) is 0 Å². The third kappa shape index (κ3) is 2.54. The van der Waals surface area contributed by atoms with Crippen molar-refractivity contribution < 1.29 is 0 Å². The van der Waals surface area contributed by atoms with Gasteiger partial charge in [0.05, 0.1) is 32.8 Å². The van der Waals surface area contributed by atoms with Gasteiger partial charge in [-0.15, -0.1) is 0 Å². The molecule has 4 nitrogen and oxygen atoms in total. The molecule has 0 atom stereocenters. The first-order chi connectivity index (χ1) is 8.51. The summed E-state index contributed by atoms with van der Waals surface area (Å²) in [5.74, 6) is 0. The van der Waals surface area contributed by atoms with Gasteiger partial charge < -0.3 is 11.1 Å². The van der Waals surface area contributed by atoms with Crippen LogP contribution in [0.1, 0.15) is 12.6 Å². The van der Waals surface area contributed by atoms with Crippen LogP contribution >= 0.6 is 23.2 Å². The SMILES string of the molecule is CCc1nn(C)cc1Nc1cc(Cl)c(Cl)cc1N. The number of rotatable bonds is 3. The zero-order valence-electron chi connectivity index (χ0n) is 10.2. The first-order valence-electron chi connectivity index (χ1n) is 5.55. The minimum Gasteiger partial charge on any atom is -0.397 e. The fraction of sp³-hybridized carbons (Fsp3) is 0.250. The molecule has 96 valence electrons. The number of benzene rings is 1. The summed E-state index contributed by atoms with van der Waals surface area (Å²) in [6.07, 6.45) is 2.74. The van der Waals surface area contributed by atoms with E-state index >= 15 is 0 Å². The van der Waals surface area contributed by atoms with E-state index in [4.69, 9.17) is 28.9 Å². The van der Waals surface area contributed by atoms with Crippen molar-refractivity contribution in [3.63, 3.8) is 0 Å². The summed E-state index contributed by atoms with van der Waals surface area (Å²) in [6, 6.07) is 3.35.